The molecular weight excluding hydrogens is 367 g/mol. The van der Waals surface area contributed by atoms with Crippen molar-refractivity contribution < 1.29 is 14.6 Å². The molecule has 1 N–H and O–H groups in total. The molecule has 2 aromatic rings. The Morgan fingerprint density at radius 1 is 1.25 bits per heavy atom. The number of carboxylic acids is 1. The van der Waals surface area contributed by atoms with Crippen LogP contribution >= 0.6 is 22.6 Å². The highest BCUT2D eigenvalue weighted by atomic mass is 127. The second kappa shape index (κ2) is 6.74. The van der Waals surface area contributed by atoms with Gasteiger partial charge in [-0.3, -0.25) is 0 Å². The van der Waals surface area contributed by atoms with Crippen molar-refractivity contribution in [3.63, 3.8) is 0 Å². The van der Waals surface area contributed by atoms with Crippen molar-refractivity contribution in [1.82, 2.24) is 0 Å². The Bertz CT molecular complexity index is 623. The Kier molecular flexibility index (Phi) is 5.00. The van der Waals surface area contributed by atoms with Crippen LogP contribution in [0.5, 0.6) is 5.75 Å². The van der Waals surface area contributed by atoms with Crippen LogP contribution in [0.15, 0.2) is 42.5 Å². The smallest absolute Gasteiger partial charge is 0.335 e. The first-order chi connectivity index (χ1) is 9.56. The summed E-state index contributed by atoms with van der Waals surface area (Å²) in [5.41, 5.74) is 2.69. The standard InChI is InChI=1S/C16H15IO3/c1-11-3-2-4-12(9-11)7-8-20-15-10-13(16(18)19)5-6-14(15)17/h2-6,9-10H,7-8H2,1H3,(H,18,19). The number of carbonyl (C=O) groups is 1. The number of carboxylic acid groups (broad SMARTS) is 1. The van der Waals surface area contributed by atoms with Crippen molar-refractivity contribution in [2.24, 2.45) is 0 Å². The van der Waals surface area contributed by atoms with Crippen LogP contribution in [0.2, 0.25) is 0 Å². The molecule has 0 fully saturated rings. The third-order valence-electron chi connectivity index (χ3n) is 2.91. The number of halogens is 1. The largest absolute Gasteiger partial charge is 0.492 e. The molecule has 0 saturated carbocycles. The predicted octanol–water partition coefficient (Wildman–Crippen LogP) is 3.92. The normalized spacial score (nSPS) is 10.3. The molecule has 104 valence electrons. The lowest BCUT2D eigenvalue weighted by Gasteiger charge is -2.09. The summed E-state index contributed by atoms with van der Waals surface area (Å²) in [6.07, 6.45) is 0.801. The lowest BCUT2D eigenvalue weighted by Crippen LogP contribution is -2.04. The van der Waals surface area contributed by atoms with Crippen LogP contribution in [0.25, 0.3) is 0 Å². The molecule has 2 rings (SSSR count). The summed E-state index contributed by atoms with van der Waals surface area (Å²) < 4.78 is 6.61. The first kappa shape index (κ1) is 14.8. The number of hydrogen-bond donors (Lipinski definition) is 1. The van der Waals surface area contributed by atoms with Crippen molar-refractivity contribution >= 4 is 28.6 Å². The monoisotopic (exact) mass is 382 g/mol. The number of rotatable bonds is 5. The number of hydrogen-bond acceptors (Lipinski definition) is 2. The Morgan fingerprint density at radius 3 is 2.75 bits per heavy atom. The van der Waals surface area contributed by atoms with Gasteiger partial charge in [0.05, 0.1) is 15.7 Å². The van der Waals surface area contributed by atoms with Crippen LogP contribution in [0.4, 0.5) is 0 Å². The van der Waals surface area contributed by atoms with Gasteiger partial charge in [-0.25, -0.2) is 4.79 Å². The molecule has 0 bridgehead atoms. The van der Waals surface area contributed by atoms with E-state index in [0.29, 0.717) is 12.4 Å². The fourth-order valence-corrected chi connectivity index (χ4v) is 2.38. The summed E-state index contributed by atoms with van der Waals surface area (Å²) in [6, 6.07) is 13.2. The Balaban J connectivity index is 2.00. The van der Waals surface area contributed by atoms with E-state index < -0.39 is 5.97 Å². The van der Waals surface area contributed by atoms with E-state index in [1.54, 1.807) is 18.2 Å². The molecule has 0 radical (unpaired) electrons. The number of aromatic carboxylic acids is 1. The summed E-state index contributed by atoms with van der Waals surface area (Å²) in [4.78, 5) is 10.9. The molecule has 0 aromatic heterocycles. The van der Waals surface area contributed by atoms with E-state index in [1.165, 1.54) is 11.1 Å². The van der Waals surface area contributed by atoms with E-state index in [9.17, 15) is 4.79 Å². The van der Waals surface area contributed by atoms with Crippen molar-refractivity contribution in [3.05, 3.63) is 62.7 Å². The topological polar surface area (TPSA) is 46.5 Å². The molecule has 0 aliphatic rings. The highest BCUT2D eigenvalue weighted by Crippen LogP contribution is 2.22. The van der Waals surface area contributed by atoms with Crippen molar-refractivity contribution in [2.45, 2.75) is 13.3 Å². The molecule has 0 aliphatic heterocycles. The highest BCUT2D eigenvalue weighted by Gasteiger charge is 2.08. The molecule has 3 nitrogen and oxygen atoms in total. The summed E-state index contributed by atoms with van der Waals surface area (Å²) in [5, 5.41) is 8.98. The van der Waals surface area contributed by atoms with Gasteiger partial charge < -0.3 is 9.84 Å². The molecule has 20 heavy (non-hydrogen) atoms. The lowest BCUT2D eigenvalue weighted by molar-refractivity contribution is 0.0696. The fraction of sp³-hybridized carbons (Fsp3) is 0.188. The minimum atomic E-state index is -0.940. The van der Waals surface area contributed by atoms with Crippen LogP contribution in [-0.4, -0.2) is 17.7 Å². The minimum Gasteiger partial charge on any atom is -0.492 e. The van der Waals surface area contributed by atoms with Crippen molar-refractivity contribution in [3.8, 4) is 5.75 Å². The third-order valence-corrected chi connectivity index (χ3v) is 3.80. The van der Waals surface area contributed by atoms with E-state index in [4.69, 9.17) is 9.84 Å². The third kappa shape index (κ3) is 3.96. The number of ether oxygens (including phenoxy) is 1. The van der Waals surface area contributed by atoms with Crippen LogP contribution in [-0.2, 0) is 6.42 Å². The lowest BCUT2D eigenvalue weighted by atomic mass is 10.1. The molecule has 0 heterocycles. The summed E-state index contributed by atoms with van der Waals surface area (Å²) >= 11 is 2.14. The molecule has 0 spiro atoms. The SMILES string of the molecule is Cc1cccc(CCOc2cc(C(=O)O)ccc2I)c1. The van der Waals surface area contributed by atoms with E-state index >= 15 is 0 Å². The molecule has 0 saturated heterocycles. The van der Waals surface area contributed by atoms with Crippen molar-refractivity contribution in [2.75, 3.05) is 6.61 Å². The van der Waals surface area contributed by atoms with Gasteiger partial charge in [-0.1, -0.05) is 29.8 Å². The van der Waals surface area contributed by atoms with E-state index in [-0.39, 0.29) is 5.56 Å². The molecular formula is C16H15IO3. The molecule has 0 aliphatic carbocycles. The zero-order valence-corrected chi connectivity index (χ0v) is 13.3. The van der Waals surface area contributed by atoms with Gasteiger partial charge in [0, 0.05) is 6.42 Å². The van der Waals surface area contributed by atoms with E-state index in [0.717, 1.165) is 9.99 Å². The average molecular weight is 382 g/mol. The van der Waals surface area contributed by atoms with Crippen LogP contribution in [0, 0.1) is 10.5 Å². The Labute approximate surface area is 131 Å². The van der Waals surface area contributed by atoms with Crippen molar-refractivity contribution in [1.29, 1.82) is 0 Å². The van der Waals surface area contributed by atoms with Gasteiger partial charge in [-0.05, 0) is 53.3 Å². The zero-order chi connectivity index (χ0) is 14.5. The minimum absolute atomic E-state index is 0.246. The van der Waals surface area contributed by atoms with Gasteiger partial charge in [0.15, 0.2) is 0 Å². The Morgan fingerprint density at radius 2 is 2.05 bits per heavy atom. The summed E-state index contributed by atoms with van der Waals surface area (Å²) in [6.45, 7) is 2.59. The van der Waals surface area contributed by atoms with Gasteiger partial charge in [0.25, 0.3) is 0 Å². The van der Waals surface area contributed by atoms with Crippen LogP contribution in [0.3, 0.4) is 0 Å². The molecule has 0 atom stereocenters. The fourth-order valence-electron chi connectivity index (χ4n) is 1.89. The highest BCUT2D eigenvalue weighted by molar-refractivity contribution is 14.1. The maximum atomic E-state index is 10.9. The van der Waals surface area contributed by atoms with Gasteiger partial charge in [-0.15, -0.1) is 0 Å². The maximum absolute atomic E-state index is 10.9. The quantitative estimate of drug-likeness (QED) is 0.798. The van der Waals surface area contributed by atoms with E-state index in [1.807, 2.05) is 6.07 Å². The maximum Gasteiger partial charge on any atom is 0.335 e. The number of benzene rings is 2. The second-order valence-electron chi connectivity index (χ2n) is 4.54. The summed E-state index contributed by atoms with van der Waals surface area (Å²) in [7, 11) is 0. The van der Waals surface area contributed by atoms with Gasteiger partial charge in [0.2, 0.25) is 0 Å². The number of aryl methyl sites for hydroxylation is 1. The van der Waals surface area contributed by atoms with Gasteiger partial charge in [0.1, 0.15) is 5.75 Å². The van der Waals surface area contributed by atoms with Gasteiger partial charge >= 0.3 is 5.97 Å². The molecule has 2 aromatic carbocycles. The summed E-state index contributed by atoms with van der Waals surface area (Å²) in [5.74, 6) is -0.317. The van der Waals surface area contributed by atoms with Crippen LogP contribution < -0.4 is 4.74 Å². The average Bonchev–Trinajstić information content (AvgIpc) is 2.40. The second-order valence-corrected chi connectivity index (χ2v) is 5.70. The first-order valence-corrected chi connectivity index (χ1v) is 7.35. The zero-order valence-electron chi connectivity index (χ0n) is 11.1. The van der Waals surface area contributed by atoms with E-state index in [2.05, 4.69) is 47.7 Å². The van der Waals surface area contributed by atoms with Crippen LogP contribution in [0.1, 0.15) is 21.5 Å². The predicted molar refractivity (Wildman–Crippen MR) is 86.5 cm³/mol. The Hall–Kier alpha value is -1.56. The molecule has 4 heteroatoms. The van der Waals surface area contributed by atoms with Gasteiger partial charge in [-0.2, -0.15) is 0 Å². The first-order valence-electron chi connectivity index (χ1n) is 6.27. The molecule has 0 amide bonds. The molecule has 0 unspecified atom stereocenters.